The third kappa shape index (κ3) is 4.30. The van der Waals surface area contributed by atoms with Crippen LogP contribution in [0.25, 0.3) is 0 Å². The van der Waals surface area contributed by atoms with Gasteiger partial charge in [-0.1, -0.05) is 15.9 Å². The fourth-order valence-corrected chi connectivity index (χ4v) is 2.99. The third-order valence-corrected chi connectivity index (χ3v) is 4.35. The number of rotatable bonds is 5. The molecule has 1 aromatic carbocycles. The van der Waals surface area contributed by atoms with Crippen molar-refractivity contribution in [2.75, 3.05) is 23.8 Å². The van der Waals surface area contributed by atoms with Crippen molar-refractivity contribution in [2.24, 2.45) is 0 Å². The first-order chi connectivity index (χ1) is 11.6. The molecule has 1 aliphatic heterocycles. The van der Waals surface area contributed by atoms with Gasteiger partial charge in [0.25, 0.3) is 5.91 Å². The van der Waals surface area contributed by atoms with Crippen LogP contribution >= 0.6 is 15.9 Å². The highest BCUT2D eigenvalue weighted by Gasteiger charge is 2.15. The number of nitrogens with zero attached hydrogens (tertiary/aromatic N) is 2. The summed E-state index contributed by atoms with van der Waals surface area (Å²) < 4.78 is 6.52. The number of hydrogen-bond donors (Lipinski definition) is 2. The molecule has 126 valence electrons. The second kappa shape index (κ2) is 7.72. The molecule has 1 atom stereocenters. The molecular formula is C17H19BrN4O2. The molecule has 6 nitrogen and oxygen atoms in total. The van der Waals surface area contributed by atoms with Crippen molar-refractivity contribution < 1.29 is 9.53 Å². The van der Waals surface area contributed by atoms with Crippen LogP contribution in [-0.4, -0.2) is 35.1 Å². The van der Waals surface area contributed by atoms with E-state index in [4.69, 9.17) is 4.74 Å². The maximum Gasteiger partial charge on any atom is 0.275 e. The van der Waals surface area contributed by atoms with E-state index in [1.165, 1.54) is 6.20 Å². The van der Waals surface area contributed by atoms with Crippen LogP contribution in [0.5, 0.6) is 0 Å². The summed E-state index contributed by atoms with van der Waals surface area (Å²) in [6.07, 6.45) is 5.44. The average Bonchev–Trinajstić information content (AvgIpc) is 3.09. The molecule has 0 aliphatic carbocycles. The fourth-order valence-electron chi connectivity index (χ4n) is 2.51. The number of carbonyl (C=O) groups is 1. The lowest BCUT2D eigenvalue weighted by atomic mass is 10.2. The van der Waals surface area contributed by atoms with Crippen molar-refractivity contribution in [1.82, 2.24) is 9.97 Å². The monoisotopic (exact) mass is 390 g/mol. The zero-order valence-electron chi connectivity index (χ0n) is 13.4. The molecule has 0 radical (unpaired) electrons. The van der Waals surface area contributed by atoms with E-state index in [-0.39, 0.29) is 17.7 Å². The molecule has 3 rings (SSSR count). The minimum Gasteiger partial charge on any atom is -0.376 e. The summed E-state index contributed by atoms with van der Waals surface area (Å²) in [5.41, 5.74) is 2.01. The quantitative estimate of drug-likeness (QED) is 0.817. The summed E-state index contributed by atoms with van der Waals surface area (Å²) in [6, 6.07) is 5.67. The van der Waals surface area contributed by atoms with Crippen molar-refractivity contribution in [3.63, 3.8) is 0 Å². The standard InChI is InChI=1S/C17H19BrN4O2/c1-11-7-12(18)4-5-14(11)22-17(23)15-9-21-16(10-19-15)20-8-13-3-2-6-24-13/h4-5,7,9-10,13H,2-3,6,8H2,1H3,(H,20,21)(H,22,23). The Balaban J connectivity index is 1.58. The summed E-state index contributed by atoms with van der Waals surface area (Å²) in [5.74, 6) is 0.362. The molecule has 1 aromatic heterocycles. The number of aryl methyl sites for hydroxylation is 1. The van der Waals surface area contributed by atoms with E-state index >= 15 is 0 Å². The lowest BCUT2D eigenvalue weighted by Gasteiger charge is -2.11. The van der Waals surface area contributed by atoms with Crippen molar-refractivity contribution in [2.45, 2.75) is 25.9 Å². The number of ether oxygens (including phenoxy) is 1. The van der Waals surface area contributed by atoms with Gasteiger partial charge in [0.05, 0.1) is 18.5 Å². The zero-order valence-corrected chi connectivity index (χ0v) is 15.0. The minimum absolute atomic E-state index is 0.232. The first-order valence-electron chi connectivity index (χ1n) is 7.87. The topological polar surface area (TPSA) is 76.1 Å². The molecule has 0 saturated carbocycles. The molecule has 1 fully saturated rings. The Hall–Kier alpha value is -1.99. The molecule has 1 amide bonds. The number of halogens is 1. The molecule has 0 bridgehead atoms. The van der Waals surface area contributed by atoms with E-state index in [1.54, 1.807) is 6.20 Å². The predicted molar refractivity (Wildman–Crippen MR) is 96.3 cm³/mol. The smallest absolute Gasteiger partial charge is 0.275 e. The van der Waals surface area contributed by atoms with Gasteiger partial charge in [0, 0.05) is 23.3 Å². The van der Waals surface area contributed by atoms with E-state index in [1.807, 2.05) is 25.1 Å². The Bertz CT molecular complexity index is 715. The van der Waals surface area contributed by atoms with E-state index in [9.17, 15) is 4.79 Å². The second-order valence-corrected chi connectivity index (χ2v) is 6.63. The largest absolute Gasteiger partial charge is 0.376 e. The van der Waals surface area contributed by atoms with Gasteiger partial charge in [0.1, 0.15) is 11.5 Å². The summed E-state index contributed by atoms with van der Waals surface area (Å²) in [6.45, 7) is 3.47. The Morgan fingerprint density at radius 1 is 1.38 bits per heavy atom. The first kappa shape index (κ1) is 16.9. The van der Waals surface area contributed by atoms with E-state index in [2.05, 4.69) is 36.5 Å². The Labute approximate surface area is 149 Å². The molecule has 1 unspecified atom stereocenters. The van der Waals surface area contributed by atoms with E-state index in [0.717, 1.165) is 35.2 Å². The molecule has 1 saturated heterocycles. The Morgan fingerprint density at radius 2 is 2.25 bits per heavy atom. The highest BCUT2D eigenvalue weighted by Crippen LogP contribution is 2.20. The number of hydrogen-bond acceptors (Lipinski definition) is 5. The molecule has 2 heterocycles. The summed E-state index contributed by atoms with van der Waals surface area (Å²) in [5, 5.41) is 6.03. The second-order valence-electron chi connectivity index (χ2n) is 5.72. The lowest BCUT2D eigenvalue weighted by molar-refractivity contribution is 0.102. The van der Waals surface area contributed by atoms with Gasteiger partial charge >= 0.3 is 0 Å². The molecule has 2 N–H and O–H groups in total. The number of anilines is 2. The first-order valence-corrected chi connectivity index (χ1v) is 8.66. The summed E-state index contributed by atoms with van der Waals surface area (Å²) >= 11 is 3.40. The maximum atomic E-state index is 12.3. The van der Waals surface area contributed by atoms with Gasteiger partial charge in [-0.15, -0.1) is 0 Å². The van der Waals surface area contributed by atoms with Crippen LogP contribution in [0.15, 0.2) is 35.1 Å². The van der Waals surface area contributed by atoms with Crippen molar-refractivity contribution >= 4 is 33.3 Å². The van der Waals surface area contributed by atoms with Crippen molar-refractivity contribution in [3.05, 3.63) is 46.3 Å². The van der Waals surface area contributed by atoms with Gasteiger partial charge < -0.3 is 15.4 Å². The van der Waals surface area contributed by atoms with Gasteiger partial charge in [-0.3, -0.25) is 4.79 Å². The maximum absolute atomic E-state index is 12.3. The van der Waals surface area contributed by atoms with Crippen molar-refractivity contribution in [3.8, 4) is 0 Å². The molecule has 0 spiro atoms. The SMILES string of the molecule is Cc1cc(Br)ccc1NC(=O)c1cnc(NCC2CCCO2)cn1. The lowest BCUT2D eigenvalue weighted by Crippen LogP contribution is -2.19. The van der Waals surface area contributed by atoms with Crippen LogP contribution < -0.4 is 10.6 Å². The minimum atomic E-state index is -0.279. The number of aromatic nitrogens is 2. The summed E-state index contributed by atoms with van der Waals surface area (Å²) in [4.78, 5) is 20.7. The van der Waals surface area contributed by atoms with Crippen LogP contribution in [0, 0.1) is 6.92 Å². The highest BCUT2D eigenvalue weighted by atomic mass is 79.9. The molecular weight excluding hydrogens is 372 g/mol. The van der Waals surface area contributed by atoms with Crippen molar-refractivity contribution in [1.29, 1.82) is 0 Å². The van der Waals surface area contributed by atoms with E-state index < -0.39 is 0 Å². The van der Waals surface area contributed by atoms with Gasteiger partial charge in [-0.05, 0) is 43.5 Å². The van der Waals surface area contributed by atoms with Crippen LogP contribution in [0.2, 0.25) is 0 Å². The average molecular weight is 391 g/mol. The third-order valence-electron chi connectivity index (χ3n) is 3.86. The van der Waals surface area contributed by atoms with E-state index in [0.29, 0.717) is 12.4 Å². The zero-order chi connectivity index (χ0) is 16.9. The van der Waals surface area contributed by atoms with Crippen LogP contribution in [0.4, 0.5) is 11.5 Å². The predicted octanol–water partition coefficient (Wildman–Crippen LogP) is 3.39. The van der Waals surface area contributed by atoms with Crippen LogP contribution in [-0.2, 0) is 4.74 Å². The van der Waals surface area contributed by atoms with Crippen LogP contribution in [0.3, 0.4) is 0 Å². The normalized spacial score (nSPS) is 16.8. The Morgan fingerprint density at radius 3 is 2.92 bits per heavy atom. The number of amides is 1. The summed E-state index contributed by atoms with van der Waals surface area (Å²) in [7, 11) is 0. The van der Waals surface area contributed by atoms with Gasteiger partial charge in [-0.25, -0.2) is 9.97 Å². The fraction of sp³-hybridized carbons (Fsp3) is 0.353. The molecule has 24 heavy (non-hydrogen) atoms. The number of carbonyl (C=O) groups excluding carboxylic acids is 1. The highest BCUT2D eigenvalue weighted by molar-refractivity contribution is 9.10. The number of nitrogens with one attached hydrogen (secondary N) is 2. The molecule has 2 aromatic rings. The molecule has 1 aliphatic rings. The number of benzene rings is 1. The Kier molecular flexibility index (Phi) is 5.42. The van der Waals surface area contributed by atoms with Gasteiger partial charge in [0.2, 0.25) is 0 Å². The molecule has 7 heteroatoms. The van der Waals surface area contributed by atoms with Gasteiger partial charge in [-0.2, -0.15) is 0 Å². The van der Waals surface area contributed by atoms with Gasteiger partial charge in [0.15, 0.2) is 0 Å². The van der Waals surface area contributed by atoms with Crippen LogP contribution in [0.1, 0.15) is 28.9 Å².